The standard InChI is InChI=1S/C15H22FN3O2/c16-12-7-8-15(19(20)21)14(11-12)18-10-9-17-13-5-3-1-2-4-6-13/h7-8,11,13,17-18H,1-6,9-10H2. The largest absolute Gasteiger partial charge is 0.378 e. The summed E-state index contributed by atoms with van der Waals surface area (Å²) >= 11 is 0. The van der Waals surface area contributed by atoms with Crippen molar-refractivity contribution >= 4 is 11.4 Å². The number of benzene rings is 1. The quantitative estimate of drug-likeness (QED) is 0.365. The van der Waals surface area contributed by atoms with E-state index in [-0.39, 0.29) is 11.4 Å². The SMILES string of the molecule is O=[N+]([O-])c1ccc(F)cc1NCCNC1CCCCCC1. The van der Waals surface area contributed by atoms with Gasteiger partial charge >= 0.3 is 0 Å². The Morgan fingerprint density at radius 3 is 2.57 bits per heavy atom. The lowest BCUT2D eigenvalue weighted by Crippen LogP contribution is -2.32. The Morgan fingerprint density at radius 1 is 1.19 bits per heavy atom. The first-order valence-electron chi connectivity index (χ1n) is 7.58. The average molecular weight is 295 g/mol. The highest BCUT2D eigenvalue weighted by Crippen LogP contribution is 2.24. The molecule has 1 fully saturated rings. The van der Waals surface area contributed by atoms with Gasteiger partial charge in [0.2, 0.25) is 0 Å². The number of hydrogen-bond acceptors (Lipinski definition) is 4. The zero-order valence-corrected chi connectivity index (χ0v) is 12.1. The molecule has 0 heterocycles. The Morgan fingerprint density at radius 2 is 1.90 bits per heavy atom. The maximum absolute atomic E-state index is 13.2. The monoisotopic (exact) mass is 295 g/mol. The first-order valence-corrected chi connectivity index (χ1v) is 7.58. The number of nitrogens with zero attached hydrogens (tertiary/aromatic N) is 1. The zero-order chi connectivity index (χ0) is 15.1. The Hall–Kier alpha value is -1.69. The molecule has 1 saturated carbocycles. The first-order chi connectivity index (χ1) is 10.2. The van der Waals surface area contributed by atoms with E-state index in [2.05, 4.69) is 10.6 Å². The van der Waals surface area contributed by atoms with Crippen LogP contribution in [0.3, 0.4) is 0 Å². The Kier molecular flexibility index (Phi) is 5.92. The van der Waals surface area contributed by atoms with Crippen LogP contribution in [0.5, 0.6) is 0 Å². The summed E-state index contributed by atoms with van der Waals surface area (Å²) in [5.41, 5.74) is 0.147. The number of anilines is 1. The predicted octanol–water partition coefficient (Wildman–Crippen LogP) is 3.46. The molecule has 0 bridgehead atoms. The van der Waals surface area contributed by atoms with Crippen molar-refractivity contribution in [2.24, 2.45) is 0 Å². The van der Waals surface area contributed by atoms with Gasteiger partial charge in [-0.15, -0.1) is 0 Å². The molecule has 21 heavy (non-hydrogen) atoms. The first kappa shape index (κ1) is 15.7. The molecule has 1 aromatic carbocycles. The summed E-state index contributed by atoms with van der Waals surface area (Å²) in [5, 5.41) is 17.3. The molecule has 5 nitrogen and oxygen atoms in total. The van der Waals surface area contributed by atoms with Crippen LogP contribution in [0, 0.1) is 15.9 Å². The second kappa shape index (κ2) is 7.93. The van der Waals surface area contributed by atoms with Crippen LogP contribution in [0.15, 0.2) is 18.2 Å². The second-order valence-electron chi connectivity index (χ2n) is 5.49. The van der Waals surface area contributed by atoms with Crippen LogP contribution in [0.4, 0.5) is 15.8 Å². The fourth-order valence-corrected chi connectivity index (χ4v) is 2.77. The molecular formula is C15H22FN3O2. The highest BCUT2D eigenvalue weighted by Gasteiger charge is 2.14. The second-order valence-corrected chi connectivity index (χ2v) is 5.49. The van der Waals surface area contributed by atoms with Crippen LogP contribution in [-0.4, -0.2) is 24.1 Å². The molecule has 0 atom stereocenters. The highest BCUT2D eigenvalue weighted by molar-refractivity contribution is 5.61. The van der Waals surface area contributed by atoms with Crippen molar-refractivity contribution in [3.05, 3.63) is 34.1 Å². The van der Waals surface area contributed by atoms with Gasteiger partial charge in [0.1, 0.15) is 11.5 Å². The minimum Gasteiger partial charge on any atom is -0.378 e. The molecule has 0 spiro atoms. The third-order valence-corrected chi connectivity index (χ3v) is 3.88. The summed E-state index contributed by atoms with van der Waals surface area (Å²) in [4.78, 5) is 10.4. The van der Waals surface area contributed by atoms with Crippen LogP contribution in [0.1, 0.15) is 38.5 Å². The molecule has 0 saturated heterocycles. The van der Waals surface area contributed by atoms with Crippen LogP contribution in [0.25, 0.3) is 0 Å². The predicted molar refractivity (Wildman–Crippen MR) is 81.0 cm³/mol. The van der Waals surface area contributed by atoms with E-state index < -0.39 is 10.7 Å². The minimum absolute atomic E-state index is 0.0918. The molecule has 0 aromatic heterocycles. The van der Waals surface area contributed by atoms with Crippen molar-refractivity contribution in [3.8, 4) is 0 Å². The van der Waals surface area contributed by atoms with Gasteiger partial charge in [0.15, 0.2) is 0 Å². The van der Waals surface area contributed by atoms with Crippen LogP contribution >= 0.6 is 0 Å². The number of hydrogen-bond donors (Lipinski definition) is 2. The molecule has 2 N–H and O–H groups in total. The third-order valence-electron chi connectivity index (χ3n) is 3.88. The average Bonchev–Trinajstić information content (AvgIpc) is 2.72. The van der Waals surface area contributed by atoms with E-state index in [1.807, 2.05) is 0 Å². The molecule has 6 heteroatoms. The van der Waals surface area contributed by atoms with E-state index >= 15 is 0 Å². The van der Waals surface area contributed by atoms with E-state index in [1.165, 1.54) is 50.7 Å². The van der Waals surface area contributed by atoms with Gasteiger partial charge in [-0.05, 0) is 18.9 Å². The molecule has 2 rings (SSSR count). The van der Waals surface area contributed by atoms with Gasteiger partial charge < -0.3 is 10.6 Å². The topological polar surface area (TPSA) is 67.2 Å². The van der Waals surface area contributed by atoms with Crippen molar-refractivity contribution in [1.82, 2.24) is 5.32 Å². The van der Waals surface area contributed by atoms with E-state index in [1.54, 1.807) is 0 Å². The lowest BCUT2D eigenvalue weighted by molar-refractivity contribution is -0.384. The molecule has 0 amide bonds. The fraction of sp³-hybridized carbons (Fsp3) is 0.600. The minimum atomic E-state index is -0.500. The maximum atomic E-state index is 13.2. The van der Waals surface area contributed by atoms with Crippen LogP contribution < -0.4 is 10.6 Å². The fourth-order valence-electron chi connectivity index (χ4n) is 2.77. The van der Waals surface area contributed by atoms with Crippen molar-refractivity contribution in [3.63, 3.8) is 0 Å². The zero-order valence-electron chi connectivity index (χ0n) is 12.1. The normalized spacial score (nSPS) is 16.4. The third kappa shape index (κ3) is 4.97. The molecule has 1 aliphatic rings. The number of rotatable bonds is 6. The van der Waals surface area contributed by atoms with Crippen molar-refractivity contribution in [2.45, 2.75) is 44.6 Å². The van der Waals surface area contributed by atoms with Gasteiger partial charge in [0, 0.05) is 31.3 Å². The van der Waals surface area contributed by atoms with Gasteiger partial charge in [-0.25, -0.2) is 4.39 Å². The Balaban J connectivity index is 1.80. The lowest BCUT2D eigenvalue weighted by Gasteiger charge is -2.16. The number of nitro benzene ring substituents is 1. The van der Waals surface area contributed by atoms with Crippen LogP contribution in [-0.2, 0) is 0 Å². The number of halogens is 1. The van der Waals surface area contributed by atoms with Crippen molar-refractivity contribution < 1.29 is 9.31 Å². The van der Waals surface area contributed by atoms with Crippen LogP contribution in [0.2, 0.25) is 0 Å². The van der Waals surface area contributed by atoms with E-state index in [0.717, 1.165) is 12.6 Å². The molecule has 0 radical (unpaired) electrons. The van der Waals surface area contributed by atoms with E-state index in [0.29, 0.717) is 12.6 Å². The summed E-state index contributed by atoms with van der Waals surface area (Å²) in [5.74, 6) is -0.472. The van der Waals surface area contributed by atoms with Crippen molar-refractivity contribution in [2.75, 3.05) is 18.4 Å². The number of nitro groups is 1. The van der Waals surface area contributed by atoms with Gasteiger partial charge in [0.25, 0.3) is 5.69 Å². The van der Waals surface area contributed by atoms with Crippen molar-refractivity contribution in [1.29, 1.82) is 0 Å². The molecule has 1 aliphatic carbocycles. The summed E-state index contributed by atoms with van der Waals surface area (Å²) in [6.45, 7) is 1.26. The maximum Gasteiger partial charge on any atom is 0.292 e. The molecular weight excluding hydrogens is 273 g/mol. The Labute approximate surface area is 124 Å². The highest BCUT2D eigenvalue weighted by atomic mass is 19.1. The van der Waals surface area contributed by atoms with E-state index in [4.69, 9.17) is 0 Å². The van der Waals surface area contributed by atoms with Gasteiger partial charge in [-0.1, -0.05) is 25.7 Å². The molecule has 116 valence electrons. The lowest BCUT2D eigenvalue weighted by atomic mass is 10.1. The molecule has 0 unspecified atom stereocenters. The van der Waals surface area contributed by atoms with E-state index in [9.17, 15) is 14.5 Å². The molecule has 0 aliphatic heterocycles. The summed E-state index contributed by atoms with van der Waals surface area (Å²) in [6.07, 6.45) is 7.54. The van der Waals surface area contributed by atoms with Gasteiger partial charge in [-0.3, -0.25) is 10.1 Å². The van der Waals surface area contributed by atoms with Gasteiger partial charge in [0.05, 0.1) is 4.92 Å². The van der Waals surface area contributed by atoms with Gasteiger partial charge in [-0.2, -0.15) is 0 Å². The summed E-state index contributed by atoms with van der Waals surface area (Å²) < 4.78 is 13.2. The summed E-state index contributed by atoms with van der Waals surface area (Å²) in [6, 6.07) is 4.00. The summed E-state index contributed by atoms with van der Waals surface area (Å²) in [7, 11) is 0. The smallest absolute Gasteiger partial charge is 0.292 e. The number of nitrogens with one attached hydrogen (secondary N) is 2. The molecule has 1 aromatic rings. The Bertz CT molecular complexity index is 474.